The van der Waals surface area contributed by atoms with Crippen LogP contribution in [-0.2, 0) is 4.79 Å². The molecule has 0 aliphatic heterocycles. The predicted octanol–water partition coefficient (Wildman–Crippen LogP) is 2.74. The molecule has 0 fully saturated rings. The summed E-state index contributed by atoms with van der Waals surface area (Å²) in [5.41, 5.74) is 0.834. The lowest BCUT2D eigenvalue weighted by Crippen LogP contribution is -2.30. The zero-order valence-electron chi connectivity index (χ0n) is 9.03. The summed E-state index contributed by atoms with van der Waals surface area (Å²) >= 11 is 6.03. The third kappa shape index (κ3) is 3.92. The molecule has 2 nitrogen and oxygen atoms in total. The molecule has 3 heteroatoms. The summed E-state index contributed by atoms with van der Waals surface area (Å²) in [6, 6.07) is 9.36. The van der Waals surface area contributed by atoms with Gasteiger partial charge in [0.2, 0.25) is 5.91 Å². The summed E-state index contributed by atoms with van der Waals surface area (Å²) in [5, 5.41) is 2.22. The molecule has 82 valence electrons. The second-order valence-corrected chi connectivity index (χ2v) is 4.35. The van der Waals surface area contributed by atoms with Crippen LogP contribution in [0.5, 0.6) is 0 Å². The van der Waals surface area contributed by atoms with Crippen LogP contribution in [0, 0.1) is 5.92 Å². The van der Waals surface area contributed by atoms with Crippen LogP contribution in [-0.4, -0.2) is 12.5 Å². The largest absolute Gasteiger partial charge is 0.354 e. The Bertz CT molecular complexity index is 311. The lowest BCUT2D eigenvalue weighted by molar-refractivity contribution is -0.121. The van der Waals surface area contributed by atoms with E-state index in [-0.39, 0.29) is 5.91 Å². The normalized spacial score (nSPS) is 12.5. The van der Waals surface area contributed by atoms with Crippen molar-refractivity contribution in [2.45, 2.75) is 19.2 Å². The Labute approximate surface area is 95.6 Å². The first-order chi connectivity index (χ1) is 7.11. The summed E-state index contributed by atoms with van der Waals surface area (Å²) in [5.74, 6) is 0.310. The van der Waals surface area contributed by atoms with Gasteiger partial charge in [-0.3, -0.25) is 4.79 Å². The van der Waals surface area contributed by atoms with Crippen molar-refractivity contribution in [2.75, 3.05) is 6.54 Å². The number of amides is 1. The van der Waals surface area contributed by atoms with Gasteiger partial charge in [-0.15, -0.1) is 11.6 Å². The fourth-order valence-corrected chi connectivity index (χ4v) is 1.39. The van der Waals surface area contributed by atoms with Crippen molar-refractivity contribution in [3.05, 3.63) is 35.9 Å². The Morgan fingerprint density at radius 3 is 2.47 bits per heavy atom. The lowest BCUT2D eigenvalue weighted by Gasteiger charge is -2.12. The van der Waals surface area contributed by atoms with Gasteiger partial charge in [-0.2, -0.15) is 0 Å². The van der Waals surface area contributed by atoms with E-state index in [1.54, 1.807) is 0 Å². The quantitative estimate of drug-likeness (QED) is 0.785. The molecule has 0 aliphatic rings. The van der Waals surface area contributed by atoms with Gasteiger partial charge in [-0.05, 0) is 11.5 Å². The van der Waals surface area contributed by atoms with E-state index in [9.17, 15) is 4.79 Å². The van der Waals surface area contributed by atoms with E-state index in [0.29, 0.717) is 12.5 Å². The van der Waals surface area contributed by atoms with Crippen LogP contribution in [0.2, 0.25) is 0 Å². The third-order valence-electron chi connectivity index (χ3n) is 2.01. The van der Waals surface area contributed by atoms with Gasteiger partial charge >= 0.3 is 0 Å². The molecule has 1 amide bonds. The minimum absolute atomic E-state index is 0.128. The SMILES string of the molecule is CC(C)CNC(=O)C(Cl)c1ccccc1. The van der Waals surface area contributed by atoms with Crippen molar-refractivity contribution in [1.82, 2.24) is 5.32 Å². The molecule has 0 saturated heterocycles. The number of hydrogen-bond acceptors (Lipinski definition) is 1. The van der Waals surface area contributed by atoms with Crippen LogP contribution < -0.4 is 5.32 Å². The minimum Gasteiger partial charge on any atom is -0.354 e. The van der Waals surface area contributed by atoms with Gasteiger partial charge in [0.15, 0.2) is 0 Å². The van der Waals surface area contributed by atoms with Gasteiger partial charge in [-0.1, -0.05) is 44.2 Å². The Kier molecular flexibility index (Phi) is 4.63. The molecule has 0 aromatic heterocycles. The summed E-state index contributed by atoms with van der Waals surface area (Å²) in [7, 11) is 0. The van der Waals surface area contributed by atoms with Crippen molar-refractivity contribution in [3.8, 4) is 0 Å². The Morgan fingerprint density at radius 1 is 1.33 bits per heavy atom. The van der Waals surface area contributed by atoms with Crippen molar-refractivity contribution >= 4 is 17.5 Å². The standard InChI is InChI=1S/C12H16ClNO/c1-9(2)8-14-12(15)11(13)10-6-4-3-5-7-10/h3-7,9,11H,8H2,1-2H3,(H,14,15). The van der Waals surface area contributed by atoms with Crippen LogP contribution >= 0.6 is 11.6 Å². The molecule has 1 unspecified atom stereocenters. The van der Waals surface area contributed by atoms with Crippen LogP contribution in [0.3, 0.4) is 0 Å². The molecule has 0 radical (unpaired) electrons. The fourth-order valence-electron chi connectivity index (χ4n) is 1.17. The first kappa shape index (κ1) is 12.1. The molecular weight excluding hydrogens is 210 g/mol. The van der Waals surface area contributed by atoms with Crippen LogP contribution in [0.1, 0.15) is 24.8 Å². The maximum Gasteiger partial charge on any atom is 0.242 e. The second kappa shape index (κ2) is 5.76. The minimum atomic E-state index is -0.593. The van der Waals surface area contributed by atoms with Crippen molar-refractivity contribution < 1.29 is 4.79 Å². The van der Waals surface area contributed by atoms with E-state index in [1.807, 2.05) is 44.2 Å². The molecule has 0 bridgehead atoms. The van der Waals surface area contributed by atoms with Gasteiger partial charge in [0, 0.05) is 6.54 Å². The Balaban J connectivity index is 2.54. The number of carbonyl (C=O) groups excluding carboxylic acids is 1. The molecular formula is C12H16ClNO. The zero-order valence-corrected chi connectivity index (χ0v) is 9.79. The van der Waals surface area contributed by atoms with E-state index in [1.165, 1.54) is 0 Å². The summed E-state index contributed by atoms with van der Waals surface area (Å²) in [4.78, 5) is 11.6. The monoisotopic (exact) mass is 225 g/mol. The predicted molar refractivity (Wildman–Crippen MR) is 62.9 cm³/mol. The maximum absolute atomic E-state index is 11.6. The number of halogens is 1. The molecule has 1 rings (SSSR count). The van der Waals surface area contributed by atoms with E-state index >= 15 is 0 Å². The van der Waals surface area contributed by atoms with E-state index in [4.69, 9.17) is 11.6 Å². The van der Waals surface area contributed by atoms with E-state index in [0.717, 1.165) is 5.56 Å². The van der Waals surface area contributed by atoms with Gasteiger partial charge in [-0.25, -0.2) is 0 Å². The fraction of sp³-hybridized carbons (Fsp3) is 0.417. The zero-order chi connectivity index (χ0) is 11.3. The Morgan fingerprint density at radius 2 is 1.93 bits per heavy atom. The van der Waals surface area contributed by atoms with Crippen LogP contribution in [0.25, 0.3) is 0 Å². The molecule has 0 spiro atoms. The van der Waals surface area contributed by atoms with Gasteiger partial charge in [0.25, 0.3) is 0 Å². The summed E-state index contributed by atoms with van der Waals surface area (Å²) in [6.07, 6.45) is 0. The average molecular weight is 226 g/mol. The molecule has 1 N–H and O–H groups in total. The molecule has 1 aromatic rings. The highest BCUT2D eigenvalue weighted by Crippen LogP contribution is 2.19. The van der Waals surface area contributed by atoms with Crippen LogP contribution in [0.4, 0.5) is 0 Å². The van der Waals surface area contributed by atoms with Gasteiger partial charge < -0.3 is 5.32 Å². The number of rotatable bonds is 4. The van der Waals surface area contributed by atoms with Crippen molar-refractivity contribution in [3.63, 3.8) is 0 Å². The number of benzene rings is 1. The lowest BCUT2D eigenvalue weighted by atomic mass is 10.1. The summed E-state index contributed by atoms with van der Waals surface area (Å²) in [6.45, 7) is 4.76. The van der Waals surface area contributed by atoms with Gasteiger partial charge in [0.05, 0.1) is 0 Å². The topological polar surface area (TPSA) is 29.1 Å². The van der Waals surface area contributed by atoms with Gasteiger partial charge in [0.1, 0.15) is 5.38 Å². The van der Waals surface area contributed by atoms with Crippen molar-refractivity contribution in [1.29, 1.82) is 0 Å². The second-order valence-electron chi connectivity index (χ2n) is 3.91. The van der Waals surface area contributed by atoms with E-state index < -0.39 is 5.38 Å². The van der Waals surface area contributed by atoms with Crippen molar-refractivity contribution in [2.24, 2.45) is 5.92 Å². The molecule has 0 heterocycles. The number of alkyl halides is 1. The molecule has 0 aliphatic carbocycles. The number of carbonyl (C=O) groups is 1. The Hall–Kier alpha value is -1.02. The smallest absolute Gasteiger partial charge is 0.242 e. The molecule has 1 aromatic carbocycles. The number of nitrogens with one attached hydrogen (secondary N) is 1. The first-order valence-electron chi connectivity index (χ1n) is 5.08. The van der Waals surface area contributed by atoms with E-state index in [2.05, 4.69) is 5.32 Å². The molecule has 1 atom stereocenters. The van der Waals surface area contributed by atoms with Crippen LogP contribution in [0.15, 0.2) is 30.3 Å². The highest BCUT2D eigenvalue weighted by atomic mass is 35.5. The average Bonchev–Trinajstić information content (AvgIpc) is 2.26. The molecule has 15 heavy (non-hydrogen) atoms. The summed E-state index contributed by atoms with van der Waals surface area (Å²) < 4.78 is 0. The first-order valence-corrected chi connectivity index (χ1v) is 5.51. The molecule has 0 saturated carbocycles. The highest BCUT2D eigenvalue weighted by molar-refractivity contribution is 6.30. The third-order valence-corrected chi connectivity index (χ3v) is 2.46. The highest BCUT2D eigenvalue weighted by Gasteiger charge is 2.16. The maximum atomic E-state index is 11.6. The number of hydrogen-bond donors (Lipinski definition) is 1.